The van der Waals surface area contributed by atoms with Crippen molar-refractivity contribution in [3.63, 3.8) is 0 Å². The van der Waals surface area contributed by atoms with Gasteiger partial charge in [0.05, 0.1) is 6.61 Å². The minimum Gasteiger partial charge on any atom is -0.465 e. The van der Waals surface area contributed by atoms with Crippen LogP contribution < -0.4 is 10.6 Å². The second-order valence-corrected chi connectivity index (χ2v) is 5.38. The molecule has 1 rings (SSSR count). The van der Waals surface area contributed by atoms with Crippen LogP contribution in [0.3, 0.4) is 0 Å². The zero-order valence-corrected chi connectivity index (χ0v) is 13.1. The Morgan fingerprint density at radius 3 is 2.48 bits per heavy atom. The molecule has 0 saturated heterocycles. The van der Waals surface area contributed by atoms with Crippen molar-refractivity contribution in [3.05, 3.63) is 0 Å². The van der Waals surface area contributed by atoms with Crippen molar-refractivity contribution in [3.8, 4) is 0 Å². The van der Waals surface area contributed by atoms with E-state index in [1.54, 1.807) is 14.1 Å². The van der Waals surface area contributed by atoms with E-state index in [0.29, 0.717) is 6.61 Å². The Labute approximate surface area is 126 Å². The Kier molecular flexibility index (Phi) is 7.56. The van der Waals surface area contributed by atoms with Gasteiger partial charge >= 0.3 is 18.1 Å². The topological polar surface area (TPSA) is 83.0 Å². The Morgan fingerprint density at radius 2 is 1.90 bits per heavy atom. The summed E-state index contributed by atoms with van der Waals surface area (Å²) in [5.41, 5.74) is 0. The van der Waals surface area contributed by atoms with Crippen LogP contribution in [0, 0.1) is 0 Å². The SMILES string of the molecule is CCCOC(=NC(=O)N(C)C)NC(=O)NC1CCCCC1. The van der Waals surface area contributed by atoms with Crippen molar-refractivity contribution < 1.29 is 14.3 Å². The van der Waals surface area contributed by atoms with Gasteiger partial charge in [0.15, 0.2) is 0 Å². The minimum atomic E-state index is -0.473. The maximum Gasteiger partial charge on any atom is 0.347 e. The lowest BCUT2D eigenvalue weighted by Gasteiger charge is -2.23. The van der Waals surface area contributed by atoms with Gasteiger partial charge in [0.2, 0.25) is 0 Å². The molecule has 0 aliphatic heterocycles. The average Bonchev–Trinajstić information content (AvgIpc) is 2.45. The van der Waals surface area contributed by atoms with Crippen LogP contribution in [0.2, 0.25) is 0 Å². The van der Waals surface area contributed by atoms with Gasteiger partial charge in [-0.1, -0.05) is 26.2 Å². The number of aliphatic imine (C=N–C) groups is 1. The van der Waals surface area contributed by atoms with Crippen LogP contribution >= 0.6 is 0 Å². The van der Waals surface area contributed by atoms with Crippen LogP contribution in [0.4, 0.5) is 9.59 Å². The first-order valence-corrected chi connectivity index (χ1v) is 7.53. The highest BCUT2D eigenvalue weighted by Crippen LogP contribution is 2.17. The monoisotopic (exact) mass is 298 g/mol. The quantitative estimate of drug-likeness (QED) is 0.618. The summed E-state index contributed by atoms with van der Waals surface area (Å²) in [5.74, 6) is 0. The van der Waals surface area contributed by atoms with E-state index < -0.39 is 6.03 Å². The molecule has 21 heavy (non-hydrogen) atoms. The Bertz CT molecular complexity index is 376. The van der Waals surface area contributed by atoms with Crippen LogP contribution in [-0.4, -0.2) is 49.7 Å². The summed E-state index contributed by atoms with van der Waals surface area (Å²) >= 11 is 0. The molecule has 0 aromatic carbocycles. The number of amides is 4. The number of amidine groups is 1. The maximum atomic E-state index is 11.9. The predicted molar refractivity (Wildman–Crippen MR) is 81.3 cm³/mol. The number of carbonyl (C=O) groups excluding carboxylic acids is 2. The van der Waals surface area contributed by atoms with E-state index >= 15 is 0 Å². The highest BCUT2D eigenvalue weighted by atomic mass is 16.5. The molecule has 1 aliphatic carbocycles. The summed E-state index contributed by atoms with van der Waals surface area (Å²) in [6, 6.07) is -0.707. The molecule has 0 radical (unpaired) electrons. The van der Waals surface area contributed by atoms with Gasteiger partial charge in [0, 0.05) is 20.1 Å². The number of hydrogen-bond donors (Lipinski definition) is 2. The normalized spacial score (nSPS) is 16.2. The number of hydrogen-bond acceptors (Lipinski definition) is 3. The van der Waals surface area contributed by atoms with Gasteiger partial charge < -0.3 is 15.0 Å². The van der Waals surface area contributed by atoms with Crippen LogP contribution in [0.1, 0.15) is 45.4 Å². The van der Waals surface area contributed by atoms with Crippen LogP contribution in [0.25, 0.3) is 0 Å². The lowest BCUT2D eigenvalue weighted by Crippen LogP contribution is -2.46. The fraction of sp³-hybridized carbons (Fsp3) is 0.786. The minimum absolute atomic E-state index is 0.0520. The predicted octanol–water partition coefficient (Wildman–Crippen LogP) is 2.08. The summed E-state index contributed by atoms with van der Waals surface area (Å²) in [6.07, 6.45) is 6.25. The zero-order valence-electron chi connectivity index (χ0n) is 13.1. The summed E-state index contributed by atoms with van der Waals surface area (Å²) < 4.78 is 5.30. The van der Waals surface area contributed by atoms with Gasteiger partial charge in [-0.15, -0.1) is 4.99 Å². The molecule has 7 heteroatoms. The van der Waals surface area contributed by atoms with E-state index in [1.165, 1.54) is 11.3 Å². The third-order valence-corrected chi connectivity index (χ3v) is 3.18. The van der Waals surface area contributed by atoms with E-state index in [4.69, 9.17) is 4.74 Å². The van der Waals surface area contributed by atoms with Crippen molar-refractivity contribution in [2.24, 2.45) is 4.99 Å². The number of nitrogens with one attached hydrogen (secondary N) is 2. The van der Waals surface area contributed by atoms with E-state index in [0.717, 1.165) is 32.1 Å². The van der Waals surface area contributed by atoms with Crippen LogP contribution in [-0.2, 0) is 4.74 Å². The van der Waals surface area contributed by atoms with Gasteiger partial charge in [0.25, 0.3) is 0 Å². The molecule has 1 aliphatic rings. The lowest BCUT2D eigenvalue weighted by molar-refractivity contribution is 0.222. The number of carbonyl (C=O) groups is 2. The first-order chi connectivity index (χ1) is 10.0. The number of urea groups is 2. The molecule has 0 aromatic heterocycles. The molecule has 4 amide bonds. The van der Waals surface area contributed by atoms with Gasteiger partial charge in [-0.3, -0.25) is 5.32 Å². The van der Waals surface area contributed by atoms with Crippen molar-refractivity contribution in [2.75, 3.05) is 20.7 Å². The third-order valence-electron chi connectivity index (χ3n) is 3.18. The first kappa shape index (κ1) is 17.3. The molecular formula is C14H26N4O3. The van der Waals surface area contributed by atoms with E-state index in [1.807, 2.05) is 6.92 Å². The van der Waals surface area contributed by atoms with Gasteiger partial charge in [-0.05, 0) is 19.3 Å². The largest absolute Gasteiger partial charge is 0.465 e. The molecule has 2 N–H and O–H groups in total. The summed E-state index contributed by atoms with van der Waals surface area (Å²) in [7, 11) is 3.18. The smallest absolute Gasteiger partial charge is 0.347 e. The molecule has 1 saturated carbocycles. The van der Waals surface area contributed by atoms with Crippen molar-refractivity contribution in [1.29, 1.82) is 0 Å². The molecule has 0 bridgehead atoms. The molecule has 0 aromatic rings. The molecule has 0 spiro atoms. The fourth-order valence-corrected chi connectivity index (χ4v) is 2.05. The third kappa shape index (κ3) is 6.97. The molecule has 0 unspecified atom stereocenters. The van der Waals surface area contributed by atoms with Crippen LogP contribution in [0.5, 0.6) is 0 Å². The summed E-state index contributed by atoms with van der Waals surface area (Å²) in [6.45, 7) is 2.33. The molecule has 0 atom stereocenters. The standard InChI is InChI=1S/C14H26N4O3/c1-4-10-21-13(17-14(20)18(2)3)16-12(19)15-11-8-6-5-7-9-11/h11H,4-10H2,1-3H3,(H2,15,16,17,19,20). The number of rotatable bonds is 3. The van der Waals surface area contributed by atoms with Crippen molar-refractivity contribution >= 4 is 18.1 Å². The summed E-state index contributed by atoms with van der Waals surface area (Å²) in [5, 5.41) is 5.41. The van der Waals surface area contributed by atoms with Gasteiger partial charge in [-0.25, -0.2) is 9.59 Å². The van der Waals surface area contributed by atoms with Crippen molar-refractivity contribution in [1.82, 2.24) is 15.5 Å². The molecule has 120 valence electrons. The summed E-state index contributed by atoms with van der Waals surface area (Å²) in [4.78, 5) is 28.6. The van der Waals surface area contributed by atoms with Gasteiger partial charge in [-0.2, -0.15) is 0 Å². The Balaban J connectivity index is 2.53. The van der Waals surface area contributed by atoms with E-state index in [2.05, 4.69) is 15.6 Å². The highest BCUT2D eigenvalue weighted by molar-refractivity contribution is 5.98. The zero-order chi connectivity index (χ0) is 15.7. The molecule has 0 heterocycles. The highest BCUT2D eigenvalue weighted by Gasteiger charge is 2.17. The number of nitrogens with zero attached hydrogens (tertiary/aromatic N) is 2. The molecule has 1 fully saturated rings. The average molecular weight is 298 g/mol. The maximum absolute atomic E-state index is 11.9. The van der Waals surface area contributed by atoms with E-state index in [9.17, 15) is 9.59 Å². The van der Waals surface area contributed by atoms with Crippen LogP contribution in [0.15, 0.2) is 4.99 Å². The first-order valence-electron chi connectivity index (χ1n) is 7.53. The Morgan fingerprint density at radius 1 is 1.24 bits per heavy atom. The van der Waals surface area contributed by atoms with Crippen molar-refractivity contribution in [2.45, 2.75) is 51.5 Å². The second kappa shape index (κ2) is 9.20. The second-order valence-electron chi connectivity index (χ2n) is 5.38. The Hall–Kier alpha value is -1.79. The molecular weight excluding hydrogens is 272 g/mol. The lowest BCUT2D eigenvalue weighted by atomic mass is 9.96. The number of ether oxygens (including phenoxy) is 1. The van der Waals surface area contributed by atoms with E-state index in [-0.39, 0.29) is 18.1 Å². The fourth-order valence-electron chi connectivity index (χ4n) is 2.05. The van der Waals surface area contributed by atoms with Gasteiger partial charge in [0.1, 0.15) is 0 Å². The molecule has 7 nitrogen and oxygen atoms in total.